The molecule has 78 heavy (non-hydrogen) atoms. The number of benzene rings is 2. The number of amides is 5. The molecule has 33 heteroatoms. The van der Waals surface area contributed by atoms with E-state index in [1.165, 1.54) is 95.9 Å². The lowest BCUT2D eigenvalue weighted by Crippen LogP contribution is -2.36. The van der Waals surface area contributed by atoms with Gasteiger partial charge in [-0.05, 0) is 57.0 Å². The number of nitrogens with zero attached hydrogens (tertiary/aromatic N) is 9. The van der Waals surface area contributed by atoms with Gasteiger partial charge in [-0.3, -0.25) is 15.4 Å². The third kappa shape index (κ3) is 18.1. The Kier molecular flexibility index (Phi) is 21.2. The van der Waals surface area contributed by atoms with Crippen molar-refractivity contribution in [1.29, 1.82) is 0 Å². The zero-order chi connectivity index (χ0) is 58.5. The lowest BCUT2D eigenvalue weighted by Gasteiger charge is -2.14. The van der Waals surface area contributed by atoms with Crippen LogP contribution in [0.25, 0.3) is 5.69 Å². The summed E-state index contributed by atoms with van der Waals surface area (Å²) in [5.41, 5.74) is -0.281. The van der Waals surface area contributed by atoms with E-state index in [0.29, 0.717) is 22.4 Å². The van der Waals surface area contributed by atoms with Gasteiger partial charge in [0.2, 0.25) is 29.5 Å². The molecule has 5 amide bonds. The molecular weight excluding hydrogens is 1120 g/mol. The number of carbonyl (C=O) groups excluding carboxylic acids is 3. The number of anilines is 2. The second kappa shape index (κ2) is 26.4. The van der Waals surface area contributed by atoms with Crippen LogP contribution in [0, 0.1) is 6.92 Å². The van der Waals surface area contributed by atoms with Crippen LogP contribution < -0.4 is 44.8 Å². The largest absolute Gasteiger partial charge is 0.489 e. The molecule has 4 heterocycles. The average molecular weight is 1180 g/mol. The van der Waals surface area contributed by atoms with E-state index in [2.05, 4.69) is 45.6 Å². The van der Waals surface area contributed by atoms with Crippen molar-refractivity contribution in [2.24, 2.45) is 0 Å². The maximum Gasteiger partial charge on any atom is 0.442 e. The van der Waals surface area contributed by atoms with E-state index >= 15 is 0 Å². The Hall–Kier alpha value is -7.90. The van der Waals surface area contributed by atoms with Crippen LogP contribution in [0.4, 0.5) is 34.7 Å². The molecule has 0 saturated heterocycles. The van der Waals surface area contributed by atoms with Crippen molar-refractivity contribution in [3.63, 3.8) is 0 Å². The highest BCUT2D eigenvalue weighted by Crippen LogP contribution is 2.34. The molecule has 6 rings (SSSR count). The molecule has 6 aromatic rings. The fourth-order valence-electron chi connectivity index (χ4n) is 5.89. The van der Waals surface area contributed by atoms with Gasteiger partial charge in [0.25, 0.3) is 26.0 Å². The van der Waals surface area contributed by atoms with Crippen molar-refractivity contribution in [3.05, 3.63) is 104 Å². The molecule has 26 nitrogen and oxygen atoms in total. The molecule has 0 aliphatic rings. The summed E-state index contributed by atoms with van der Waals surface area (Å²) in [7, 11) is -1.99. The molecule has 0 bridgehead atoms. The molecule has 2 aromatic carbocycles. The third-order valence-electron chi connectivity index (χ3n) is 9.30. The summed E-state index contributed by atoms with van der Waals surface area (Å²) in [4.78, 5) is 71.9. The summed E-state index contributed by atoms with van der Waals surface area (Å²) in [6.07, 6.45) is -5.07. The van der Waals surface area contributed by atoms with Crippen LogP contribution in [0.15, 0.2) is 79.9 Å². The maximum absolute atomic E-state index is 12.5. The van der Waals surface area contributed by atoms with E-state index in [1.54, 1.807) is 15.5 Å². The third-order valence-corrected chi connectivity index (χ3v) is 12.6. The van der Waals surface area contributed by atoms with Crippen LogP contribution in [-0.2, 0) is 31.9 Å². The number of aromatic nitrogens is 8. The van der Waals surface area contributed by atoms with Crippen molar-refractivity contribution in [1.82, 2.24) is 54.0 Å². The molecule has 0 saturated carbocycles. The first-order chi connectivity index (χ1) is 36.3. The normalized spacial score (nSPS) is 11.4. The number of methoxy groups -OCH3 is 3. The zero-order valence-electron chi connectivity index (χ0n) is 43.3. The van der Waals surface area contributed by atoms with E-state index in [1.807, 2.05) is 34.6 Å². The van der Waals surface area contributed by atoms with Gasteiger partial charge in [0, 0.05) is 38.2 Å². The van der Waals surface area contributed by atoms with E-state index in [0.717, 1.165) is 10.7 Å². The lowest BCUT2D eigenvalue weighted by molar-refractivity contribution is -0.134. The Morgan fingerprint density at radius 1 is 0.795 bits per heavy atom. The quantitative estimate of drug-likeness (QED) is 0.0851. The standard InChI is InChI=1S/C15H18Cl2N2O3.C15H16F3N5O4S.C15H18N6O6S/c1-8(2)21-12-7-11(9(16)6-10(12)17)19-14(20)22-13(18-19)15(3,4)5;1-9-19-12(22-14(20-9)27-2)21-13(24)23-28(25,26)11-6-4-3-5-10(11)7-8-15(16,17)18;1-21(2)13(22)9-6-5-7-16-12(9)28(24,25)20-15(23)19-14-17-10(26-3)8-11(18-14)27-4/h6-8H,1-5H3;3-6H,7-8H2,1-2H3,(H2,19,20,21,22,23,24);5-8H,1-4H3,(H2,17,18,19,20,23). The fourth-order valence-corrected chi connectivity index (χ4v) is 8.61. The fraction of sp³-hybridized carbons (Fsp3) is 0.356. The minimum Gasteiger partial charge on any atom is -0.489 e. The van der Waals surface area contributed by atoms with Gasteiger partial charge in [-0.15, -0.1) is 5.10 Å². The second-order valence-electron chi connectivity index (χ2n) is 17.1. The number of aryl methyl sites for hydroxylation is 2. The van der Waals surface area contributed by atoms with Gasteiger partial charge in [0.15, 0.2) is 5.03 Å². The molecule has 422 valence electrons. The van der Waals surface area contributed by atoms with Crippen LogP contribution in [0.1, 0.15) is 68.7 Å². The lowest BCUT2D eigenvalue weighted by atomic mass is 9.97. The Bertz CT molecular complexity index is 3390. The molecule has 4 aromatic heterocycles. The van der Waals surface area contributed by atoms with Crippen LogP contribution in [0.3, 0.4) is 0 Å². The minimum absolute atomic E-state index is 0.0642. The minimum atomic E-state index is -4.46. The summed E-state index contributed by atoms with van der Waals surface area (Å²) >= 11 is 12.3. The number of urea groups is 2. The van der Waals surface area contributed by atoms with E-state index in [9.17, 15) is 49.2 Å². The van der Waals surface area contributed by atoms with Gasteiger partial charge in [-0.25, -0.2) is 37.2 Å². The summed E-state index contributed by atoms with van der Waals surface area (Å²) in [6, 6.07) is 9.82. The number of nitrogens with one attached hydrogen (secondary N) is 4. The Morgan fingerprint density at radius 2 is 1.38 bits per heavy atom. The van der Waals surface area contributed by atoms with Gasteiger partial charge >= 0.3 is 30.0 Å². The van der Waals surface area contributed by atoms with Gasteiger partial charge in [-0.1, -0.05) is 62.2 Å². The predicted molar refractivity (Wildman–Crippen MR) is 275 cm³/mol. The molecule has 0 spiro atoms. The number of hydrogen-bond acceptors (Lipinski definition) is 20. The highest BCUT2D eigenvalue weighted by atomic mass is 35.5. The van der Waals surface area contributed by atoms with Gasteiger partial charge < -0.3 is 28.3 Å². The van der Waals surface area contributed by atoms with Crippen molar-refractivity contribution in [2.45, 2.75) is 82.0 Å². The number of hydrogen-bond donors (Lipinski definition) is 4. The molecule has 0 atom stereocenters. The number of alkyl halides is 3. The first-order valence-electron chi connectivity index (χ1n) is 22.3. The van der Waals surface area contributed by atoms with Crippen molar-refractivity contribution >= 4 is 73.1 Å². The zero-order valence-corrected chi connectivity index (χ0v) is 46.4. The smallest absolute Gasteiger partial charge is 0.442 e. The van der Waals surface area contributed by atoms with Gasteiger partial charge in [0.05, 0.1) is 59.7 Å². The second-order valence-corrected chi connectivity index (χ2v) is 21.2. The summed E-state index contributed by atoms with van der Waals surface area (Å²) in [6.45, 7) is 11.0. The molecule has 4 N–H and O–H groups in total. The van der Waals surface area contributed by atoms with Gasteiger partial charge in [0.1, 0.15) is 11.6 Å². The average Bonchev–Trinajstić information content (AvgIpc) is 3.75. The molecule has 0 aliphatic heterocycles. The number of pyridine rings is 1. The number of rotatable bonds is 15. The Balaban J connectivity index is 0.000000254. The van der Waals surface area contributed by atoms with Crippen LogP contribution in [0.2, 0.25) is 10.0 Å². The molecule has 0 aliphatic carbocycles. The molecular formula is C45H52Cl2F3N13O13S2. The summed E-state index contributed by atoms with van der Waals surface area (Å²) < 4.78 is 117. The Morgan fingerprint density at radius 3 is 1.92 bits per heavy atom. The number of halogens is 5. The molecule has 0 unspecified atom stereocenters. The molecule has 0 fully saturated rings. The Labute approximate surface area is 454 Å². The summed E-state index contributed by atoms with van der Waals surface area (Å²) in [5.74, 6) is -0.556. The van der Waals surface area contributed by atoms with E-state index in [4.69, 9.17) is 46.6 Å². The van der Waals surface area contributed by atoms with Crippen molar-refractivity contribution in [2.75, 3.05) is 46.1 Å². The first-order valence-corrected chi connectivity index (χ1v) is 26.0. The van der Waals surface area contributed by atoms with Crippen LogP contribution in [0.5, 0.6) is 23.5 Å². The van der Waals surface area contributed by atoms with Crippen molar-refractivity contribution < 1.29 is 67.8 Å². The van der Waals surface area contributed by atoms with E-state index in [-0.39, 0.29) is 63.2 Å². The number of carbonyl (C=O) groups is 3. The first kappa shape index (κ1) is 62.6. The topological polar surface area (TPSA) is 333 Å². The van der Waals surface area contributed by atoms with E-state index < -0.39 is 72.7 Å². The maximum atomic E-state index is 12.5. The van der Waals surface area contributed by atoms with Crippen LogP contribution in [-0.4, -0.2) is 127 Å². The monoisotopic (exact) mass is 1170 g/mol. The molecule has 0 radical (unpaired) electrons. The summed E-state index contributed by atoms with van der Waals surface area (Å²) in [5, 5.41) is 8.55. The number of ether oxygens (including phenoxy) is 4. The van der Waals surface area contributed by atoms with Crippen molar-refractivity contribution in [3.8, 4) is 29.2 Å². The van der Waals surface area contributed by atoms with Crippen LogP contribution >= 0.6 is 23.2 Å². The van der Waals surface area contributed by atoms with Gasteiger partial charge in [-0.2, -0.15) is 51.2 Å². The highest BCUT2D eigenvalue weighted by molar-refractivity contribution is 7.90. The SMILES string of the molecule is CC(C)Oc1cc(-n2nc(C(C)(C)C)oc2=O)c(Cl)cc1Cl.COc1cc(OC)nc(NC(=O)NS(=O)(=O)c2ncccc2C(=O)N(C)C)n1.COc1nc(C)nc(NC(=O)NS(=O)(=O)c2ccccc2CCC(F)(F)F)n1. The number of sulfonamides is 2. The predicted octanol–water partition coefficient (Wildman–Crippen LogP) is 6.51. The highest BCUT2D eigenvalue weighted by Gasteiger charge is 2.30.